The predicted molar refractivity (Wildman–Crippen MR) is 326 cm³/mol. The maximum absolute atomic E-state index is 9.70. The van der Waals surface area contributed by atoms with E-state index in [1.165, 1.54) is 0 Å². The molecule has 4 heterocycles. The topological polar surface area (TPSA) is 41.8 Å². The molecule has 390 valence electrons. The van der Waals surface area contributed by atoms with Crippen molar-refractivity contribution in [3.05, 3.63) is 263 Å². The van der Waals surface area contributed by atoms with Crippen LogP contribution in [0.2, 0.25) is 0 Å². The summed E-state index contributed by atoms with van der Waals surface area (Å²) in [7, 11) is 0. The SMILES string of the molecule is [2H]c1c([2H])c([2H])c(-c2cc(-n3c4ccccc4c4ccccc43)cc(-c3c([2H])c([2H])c([2H])c([2H])c3[2H])c2-n2[c](=[Pt])n(-c3[c-]c(Oc4[c-]c5c(cc4)c4ccccc4n5-c4cc(C(C)(C)C)ccn4)cc(-c4c(C)cc(C)cc4C)c3)c3ccccc32)c([2H])c1[2H]. The Kier molecular flexibility index (Phi) is 9.51. The van der Waals surface area contributed by atoms with Gasteiger partial charge in [0.25, 0.3) is 0 Å². The molecule has 80 heavy (non-hydrogen) atoms. The molecule has 0 aliphatic carbocycles. The Morgan fingerprint density at radius 2 is 1.04 bits per heavy atom. The van der Waals surface area contributed by atoms with Gasteiger partial charge in [0.05, 0.1) is 0 Å². The van der Waals surface area contributed by atoms with Gasteiger partial charge in [0.1, 0.15) is 0 Å². The third-order valence-corrected chi connectivity index (χ3v) is 16.1. The summed E-state index contributed by atoms with van der Waals surface area (Å²) >= 11 is 2.22. The first-order valence-corrected chi connectivity index (χ1v) is 27.5. The van der Waals surface area contributed by atoms with Gasteiger partial charge in [-0.3, -0.25) is 0 Å². The van der Waals surface area contributed by atoms with Crippen molar-refractivity contribution in [3.8, 4) is 67.8 Å². The second kappa shape index (κ2) is 19.4. The molecule has 0 N–H and O–H groups in total. The van der Waals surface area contributed by atoms with Crippen LogP contribution in [0, 0.1) is 36.7 Å². The summed E-state index contributed by atoms with van der Waals surface area (Å²) in [5.41, 5.74) is 11.6. The monoisotopic (exact) mass is 1220 g/mol. The van der Waals surface area contributed by atoms with Gasteiger partial charge in [-0.2, -0.15) is 0 Å². The first-order chi connectivity index (χ1) is 43.1. The molecule has 0 bridgehead atoms. The number of nitrogens with zero attached hydrogens (tertiary/aromatic N) is 5. The van der Waals surface area contributed by atoms with Gasteiger partial charge in [-0.15, -0.1) is 0 Å². The molecule has 0 radical (unpaired) electrons. The van der Waals surface area contributed by atoms with Crippen LogP contribution in [-0.2, 0) is 24.8 Å². The third-order valence-electron chi connectivity index (χ3n) is 15.1. The summed E-state index contributed by atoms with van der Waals surface area (Å²) in [6.07, 6.45) is 1.85. The number of pyridine rings is 1. The Bertz CT molecular complexity index is 5260. The minimum absolute atomic E-state index is 0.135. The van der Waals surface area contributed by atoms with E-state index < -0.39 is 60.4 Å². The zero-order valence-corrected chi connectivity index (χ0v) is 46.8. The molecular formula is C73H55N5OPt-2. The third kappa shape index (κ3) is 8.28. The van der Waals surface area contributed by atoms with Crippen molar-refractivity contribution >= 4 is 54.6 Å². The van der Waals surface area contributed by atoms with Crippen molar-refractivity contribution in [1.29, 1.82) is 0 Å². The quantitative estimate of drug-likeness (QED) is 0.135. The summed E-state index contributed by atoms with van der Waals surface area (Å²) < 4.78 is 108. The van der Waals surface area contributed by atoms with Crippen LogP contribution in [0.3, 0.4) is 0 Å². The van der Waals surface area contributed by atoms with E-state index in [0.717, 1.165) is 82.8 Å². The molecule has 4 aromatic heterocycles. The van der Waals surface area contributed by atoms with Crippen molar-refractivity contribution in [1.82, 2.24) is 23.3 Å². The number of ether oxygens (including phenoxy) is 1. The average molecular weight is 1220 g/mol. The molecule has 14 aromatic rings. The first kappa shape index (κ1) is 39.3. The van der Waals surface area contributed by atoms with Gasteiger partial charge >= 0.3 is 437 Å². The molecule has 0 aliphatic heterocycles. The van der Waals surface area contributed by atoms with Crippen LogP contribution in [-0.4, -0.2) is 23.3 Å². The van der Waals surface area contributed by atoms with E-state index in [4.69, 9.17) is 17.9 Å². The number of aryl methyl sites for hydroxylation is 3. The summed E-state index contributed by atoms with van der Waals surface area (Å²) in [5.74, 6) is 1.53. The fourth-order valence-corrected chi connectivity index (χ4v) is 12.8. The Balaban J connectivity index is 1.08. The molecule has 0 aliphatic rings. The van der Waals surface area contributed by atoms with E-state index in [9.17, 15) is 5.48 Å². The normalized spacial score (nSPS) is 13.7. The Morgan fingerprint density at radius 3 is 1.62 bits per heavy atom. The summed E-state index contributed by atoms with van der Waals surface area (Å²) in [5, 5.41) is 3.83. The van der Waals surface area contributed by atoms with Gasteiger partial charge in [-0.05, 0) is 17.0 Å². The van der Waals surface area contributed by atoms with Gasteiger partial charge in [0.15, 0.2) is 0 Å². The Hall–Kier alpha value is -9.09. The molecule has 0 saturated carbocycles. The van der Waals surface area contributed by atoms with E-state index >= 15 is 0 Å². The molecule has 0 spiro atoms. The molecule has 6 nitrogen and oxygen atoms in total. The molecule has 0 amide bonds. The van der Waals surface area contributed by atoms with Crippen LogP contribution in [0.25, 0.3) is 111 Å². The molecule has 7 heteroatoms. The van der Waals surface area contributed by atoms with Crippen molar-refractivity contribution in [2.24, 2.45) is 0 Å². The van der Waals surface area contributed by atoms with Crippen molar-refractivity contribution < 1.29 is 37.8 Å². The fourth-order valence-electron chi connectivity index (χ4n) is 11.7. The number of benzene rings is 10. The van der Waals surface area contributed by atoms with Crippen LogP contribution in [0.15, 0.2) is 224 Å². The predicted octanol–water partition coefficient (Wildman–Crippen LogP) is 18.7. The number of imidazole rings is 1. The standard InChI is InChI=1S/C73H55N5O.Pt/c1-47-37-48(2)71(49(3)38-47)52-39-54(42-57(40-52)79-56-33-34-61-60-27-15-18-30-66(60)78(69(61)45-56)70-41-53(35-36-74-70)73(4,5)6)75-46-76(68-32-20-19-31-67(68)75)72-62(50-21-9-7-10-22-50)43-55(44-63(72)51-23-11-8-12-24-51)77-64-28-16-13-25-58(64)59-26-14-17-29-65(59)77;/h7-41,43-44H,1-6H3;/q-2;/i7D,8D,9D,10D,11D,12D,21D,22D,23D,24D;. The molecule has 0 atom stereocenters. The van der Waals surface area contributed by atoms with Gasteiger partial charge in [0, 0.05) is 6.20 Å². The molecular weight excluding hydrogens is 1160 g/mol. The van der Waals surface area contributed by atoms with Crippen molar-refractivity contribution in [2.45, 2.75) is 47.0 Å². The molecule has 0 saturated heterocycles. The summed E-state index contributed by atoms with van der Waals surface area (Å²) in [6.45, 7) is 12.8. The van der Waals surface area contributed by atoms with E-state index in [1.54, 1.807) is 12.1 Å². The van der Waals surface area contributed by atoms with E-state index in [-0.39, 0.29) is 33.4 Å². The minimum atomic E-state index is -0.589. The summed E-state index contributed by atoms with van der Waals surface area (Å²) in [4.78, 5) is 4.91. The number of para-hydroxylation sites is 5. The molecule has 0 unspecified atom stereocenters. The average Bonchev–Trinajstić information content (AvgIpc) is 1.55. The van der Waals surface area contributed by atoms with E-state index in [1.807, 2.05) is 135 Å². The van der Waals surface area contributed by atoms with Crippen molar-refractivity contribution in [3.63, 3.8) is 0 Å². The molecule has 0 fully saturated rings. The second-order valence-electron chi connectivity index (χ2n) is 21.2. The Morgan fingerprint density at radius 1 is 0.500 bits per heavy atom. The zero-order valence-electron chi connectivity index (χ0n) is 54.5. The maximum atomic E-state index is 9.70. The number of hydrogen-bond acceptors (Lipinski definition) is 2. The molecule has 14 rings (SSSR count). The van der Waals surface area contributed by atoms with Gasteiger partial charge < -0.3 is 0 Å². The number of hydrogen-bond donors (Lipinski definition) is 0. The van der Waals surface area contributed by atoms with Crippen LogP contribution in [0.5, 0.6) is 11.5 Å². The number of rotatable bonds is 9. The van der Waals surface area contributed by atoms with Crippen LogP contribution in [0.4, 0.5) is 0 Å². The number of aromatic nitrogens is 5. The second-order valence-corrected chi connectivity index (χ2v) is 22.3. The van der Waals surface area contributed by atoms with Crippen molar-refractivity contribution in [2.75, 3.05) is 0 Å². The molecule has 10 aromatic carbocycles. The Labute approximate surface area is 490 Å². The zero-order chi connectivity index (χ0) is 63.1. The first-order valence-electron chi connectivity index (χ1n) is 31.4. The van der Waals surface area contributed by atoms with Gasteiger partial charge in [0.2, 0.25) is 0 Å². The van der Waals surface area contributed by atoms with Gasteiger partial charge in [-0.1, -0.05) is 32.9 Å². The van der Waals surface area contributed by atoms with Gasteiger partial charge in [-0.25, -0.2) is 0 Å². The fraction of sp³-hybridized carbons (Fsp3) is 0.0959. The van der Waals surface area contributed by atoms with Crippen LogP contribution in [0.1, 0.15) is 56.7 Å². The van der Waals surface area contributed by atoms with Crippen LogP contribution < -0.4 is 4.74 Å². The van der Waals surface area contributed by atoms with Crippen LogP contribution >= 0.6 is 0 Å². The van der Waals surface area contributed by atoms with E-state index in [2.05, 4.69) is 108 Å². The number of fused-ring (bicyclic) bond motifs is 7. The van der Waals surface area contributed by atoms with E-state index in [0.29, 0.717) is 37.7 Å². The summed E-state index contributed by atoms with van der Waals surface area (Å²) in [6, 6.07) is 53.4.